The first-order valence-corrected chi connectivity index (χ1v) is 5.65. The van der Waals surface area contributed by atoms with Crippen molar-refractivity contribution in [1.29, 1.82) is 0 Å². The van der Waals surface area contributed by atoms with Crippen molar-refractivity contribution in [2.45, 2.75) is 45.9 Å². The van der Waals surface area contributed by atoms with E-state index in [4.69, 9.17) is 5.11 Å². The van der Waals surface area contributed by atoms with Gasteiger partial charge < -0.3 is 20.8 Å². The normalized spacial score (nSPS) is 15.7. The van der Waals surface area contributed by atoms with Crippen LogP contribution < -0.4 is 10.6 Å². The molecular weight excluding hydrogens is 240 g/mol. The van der Waals surface area contributed by atoms with Crippen LogP contribution in [0.2, 0.25) is 0 Å². The van der Waals surface area contributed by atoms with Crippen molar-refractivity contribution in [3.63, 3.8) is 0 Å². The fourth-order valence-electron chi connectivity index (χ4n) is 1.39. The van der Waals surface area contributed by atoms with E-state index >= 15 is 0 Å². The first-order valence-electron chi connectivity index (χ1n) is 5.65. The molecule has 0 aromatic heterocycles. The van der Waals surface area contributed by atoms with Gasteiger partial charge in [0.25, 0.3) is 0 Å². The fourth-order valence-corrected chi connectivity index (χ4v) is 1.39. The first-order chi connectivity index (χ1) is 8.16. The van der Waals surface area contributed by atoms with Crippen LogP contribution in [0.15, 0.2) is 0 Å². The highest BCUT2D eigenvalue weighted by molar-refractivity contribution is 5.90. The monoisotopic (exact) mass is 260 g/mol. The summed E-state index contributed by atoms with van der Waals surface area (Å²) >= 11 is 0. The number of hydrogen-bond acceptors (Lipinski definition) is 4. The summed E-state index contributed by atoms with van der Waals surface area (Å²) in [4.78, 5) is 33.6. The second kappa shape index (κ2) is 6.95. The lowest BCUT2D eigenvalue weighted by Gasteiger charge is -2.24. The molecule has 0 aliphatic rings. The van der Waals surface area contributed by atoms with Crippen LogP contribution in [-0.4, -0.2) is 46.2 Å². The van der Waals surface area contributed by atoms with Crippen molar-refractivity contribution in [2.24, 2.45) is 5.92 Å². The van der Waals surface area contributed by atoms with E-state index < -0.39 is 30.1 Å². The van der Waals surface area contributed by atoms with Crippen molar-refractivity contribution >= 4 is 17.8 Å². The Morgan fingerprint density at radius 1 is 1.00 bits per heavy atom. The fraction of sp³-hybridized carbons (Fsp3) is 0.727. The standard InChI is InChI=1S/C11H20N2O5/c1-5(2)8(12-7(4)15)10(16)13-9(6(3)14)11(17)18/h5-6,8-9,14H,1-4H3,(H,12,15)(H,13,16)(H,17,18)/t6-,8+,9+/m1/s1. The molecule has 4 N–H and O–H groups in total. The summed E-state index contributed by atoms with van der Waals surface area (Å²) in [6.07, 6.45) is -1.23. The minimum Gasteiger partial charge on any atom is -0.480 e. The van der Waals surface area contributed by atoms with Crippen LogP contribution >= 0.6 is 0 Å². The second-order valence-corrected chi connectivity index (χ2v) is 4.49. The number of aliphatic carboxylic acids is 1. The molecule has 0 unspecified atom stereocenters. The summed E-state index contributed by atoms with van der Waals surface area (Å²) < 4.78 is 0. The van der Waals surface area contributed by atoms with Crippen LogP contribution in [0.1, 0.15) is 27.7 Å². The van der Waals surface area contributed by atoms with E-state index in [0.717, 1.165) is 0 Å². The molecule has 0 heterocycles. The maximum Gasteiger partial charge on any atom is 0.328 e. The van der Waals surface area contributed by atoms with Gasteiger partial charge in [0.15, 0.2) is 6.04 Å². The van der Waals surface area contributed by atoms with E-state index in [1.807, 2.05) is 0 Å². The molecule has 3 atom stereocenters. The Labute approximate surface area is 106 Å². The van der Waals surface area contributed by atoms with Crippen molar-refractivity contribution < 1.29 is 24.6 Å². The van der Waals surface area contributed by atoms with Crippen LogP contribution in [0.5, 0.6) is 0 Å². The molecule has 0 bridgehead atoms. The molecule has 0 aliphatic carbocycles. The molecule has 0 radical (unpaired) electrons. The minimum absolute atomic E-state index is 0.197. The zero-order chi connectivity index (χ0) is 14.5. The summed E-state index contributed by atoms with van der Waals surface area (Å²) in [5.74, 6) is -2.54. The topological polar surface area (TPSA) is 116 Å². The van der Waals surface area contributed by atoms with E-state index in [1.165, 1.54) is 13.8 Å². The molecule has 2 amide bonds. The molecule has 104 valence electrons. The average Bonchev–Trinajstić information content (AvgIpc) is 2.20. The van der Waals surface area contributed by atoms with E-state index in [2.05, 4.69) is 10.6 Å². The Morgan fingerprint density at radius 2 is 1.50 bits per heavy atom. The molecule has 0 aliphatic heterocycles. The highest BCUT2D eigenvalue weighted by atomic mass is 16.4. The molecule has 0 saturated carbocycles. The second-order valence-electron chi connectivity index (χ2n) is 4.49. The summed E-state index contributed by atoms with van der Waals surface area (Å²) in [6.45, 7) is 5.98. The Balaban J connectivity index is 4.77. The molecule has 0 fully saturated rings. The Morgan fingerprint density at radius 3 is 1.78 bits per heavy atom. The summed E-state index contributed by atoms with van der Waals surface area (Å²) in [5, 5.41) is 22.7. The van der Waals surface area contributed by atoms with Gasteiger partial charge in [-0.1, -0.05) is 13.8 Å². The lowest BCUT2D eigenvalue weighted by Crippen LogP contribution is -2.56. The Bertz CT molecular complexity index is 327. The summed E-state index contributed by atoms with van der Waals surface area (Å²) in [6, 6.07) is -2.23. The first kappa shape index (κ1) is 16.4. The van der Waals surface area contributed by atoms with Gasteiger partial charge in [-0.3, -0.25) is 9.59 Å². The number of hydrogen-bond donors (Lipinski definition) is 4. The third kappa shape index (κ3) is 5.13. The molecule has 7 heteroatoms. The van der Waals surface area contributed by atoms with Gasteiger partial charge in [0.05, 0.1) is 6.10 Å². The number of rotatable bonds is 6. The Kier molecular flexibility index (Phi) is 6.32. The minimum atomic E-state index is -1.40. The zero-order valence-corrected chi connectivity index (χ0v) is 10.9. The third-order valence-electron chi connectivity index (χ3n) is 2.35. The molecule has 0 aromatic rings. The number of carbonyl (C=O) groups excluding carboxylic acids is 2. The SMILES string of the molecule is CC(=O)N[C@H](C(=O)N[C@H](C(=O)O)[C@@H](C)O)C(C)C. The molecular formula is C11H20N2O5. The molecule has 0 saturated heterocycles. The van der Waals surface area contributed by atoms with Gasteiger partial charge in [0, 0.05) is 6.92 Å². The maximum absolute atomic E-state index is 11.8. The van der Waals surface area contributed by atoms with Gasteiger partial charge >= 0.3 is 5.97 Å². The zero-order valence-electron chi connectivity index (χ0n) is 10.9. The number of carboxylic acid groups (broad SMARTS) is 1. The molecule has 0 aromatic carbocycles. The van der Waals surface area contributed by atoms with Crippen molar-refractivity contribution in [2.75, 3.05) is 0 Å². The largest absolute Gasteiger partial charge is 0.480 e. The highest BCUT2D eigenvalue weighted by Crippen LogP contribution is 2.03. The van der Waals surface area contributed by atoms with Gasteiger partial charge in [-0.05, 0) is 12.8 Å². The van der Waals surface area contributed by atoms with E-state index in [9.17, 15) is 19.5 Å². The Hall–Kier alpha value is -1.63. The third-order valence-corrected chi connectivity index (χ3v) is 2.35. The van der Waals surface area contributed by atoms with Crippen LogP contribution in [0.3, 0.4) is 0 Å². The van der Waals surface area contributed by atoms with Gasteiger partial charge in [-0.2, -0.15) is 0 Å². The predicted molar refractivity (Wildman–Crippen MR) is 63.7 cm³/mol. The van der Waals surface area contributed by atoms with Gasteiger partial charge in [0.1, 0.15) is 6.04 Å². The van der Waals surface area contributed by atoms with Crippen LogP contribution in [0, 0.1) is 5.92 Å². The van der Waals surface area contributed by atoms with E-state index in [0.29, 0.717) is 0 Å². The van der Waals surface area contributed by atoms with Crippen LogP contribution in [-0.2, 0) is 14.4 Å². The number of aliphatic hydroxyl groups excluding tert-OH is 1. The molecule has 18 heavy (non-hydrogen) atoms. The average molecular weight is 260 g/mol. The van der Waals surface area contributed by atoms with Crippen molar-refractivity contribution in [1.82, 2.24) is 10.6 Å². The number of carboxylic acids is 1. The lowest BCUT2D eigenvalue weighted by atomic mass is 10.0. The summed E-state index contributed by atoms with van der Waals surface area (Å²) in [5.41, 5.74) is 0. The van der Waals surface area contributed by atoms with E-state index in [1.54, 1.807) is 13.8 Å². The molecule has 7 nitrogen and oxygen atoms in total. The van der Waals surface area contributed by atoms with Crippen molar-refractivity contribution in [3.8, 4) is 0 Å². The summed E-state index contributed by atoms with van der Waals surface area (Å²) in [7, 11) is 0. The highest BCUT2D eigenvalue weighted by Gasteiger charge is 2.30. The maximum atomic E-state index is 11.8. The number of carbonyl (C=O) groups is 3. The van der Waals surface area contributed by atoms with E-state index in [-0.39, 0.29) is 11.8 Å². The quantitative estimate of drug-likeness (QED) is 0.494. The number of aliphatic hydroxyl groups is 1. The molecule has 0 spiro atoms. The van der Waals surface area contributed by atoms with Gasteiger partial charge in [0.2, 0.25) is 11.8 Å². The van der Waals surface area contributed by atoms with Crippen molar-refractivity contribution in [3.05, 3.63) is 0 Å². The van der Waals surface area contributed by atoms with Crippen LogP contribution in [0.25, 0.3) is 0 Å². The van der Waals surface area contributed by atoms with Gasteiger partial charge in [-0.25, -0.2) is 4.79 Å². The predicted octanol–water partition coefficient (Wildman–Crippen LogP) is -0.903. The number of nitrogens with one attached hydrogen (secondary N) is 2. The smallest absolute Gasteiger partial charge is 0.328 e. The molecule has 0 rings (SSSR count). The van der Waals surface area contributed by atoms with Gasteiger partial charge in [-0.15, -0.1) is 0 Å². The number of amides is 2. The van der Waals surface area contributed by atoms with Crippen LogP contribution in [0.4, 0.5) is 0 Å². The lowest BCUT2D eigenvalue weighted by molar-refractivity contribution is -0.145.